The number of hydrogen-bond acceptors (Lipinski definition) is 3. The minimum absolute atomic E-state index is 0.317. The highest BCUT2D eigenvalue weighted by atomic mass is 35.5. The summed E-state index contributed by atoms with van der Waals surface area (Å²) in [5, 5.41) is 9.47. The van der Waals surface area contributed by atoms with Gasteiger partial charge in [-0.2, -0.15) is 5.10 Å². The van der Waals surface area contributed by atoms with Crippen molar-refractivity contribution in [1.82, 2.24) is 15.2 Å². The third kappa shape index (κ3) is 3.14. The summed E-state index contributed by atoms with van der Waals surface area (Å²) in [5.74, 6) is 0.715. The van der Waals surface area contributed by atoms with Crippen molar-refractivity contribution >= 4 is 34.1 Å². The van der Waals surface area contributed by atoms with Gasteiger partial charge in [0.15, 0.2) is 0 Å². The zero-order valence-corrected chi connectivity index (χ0v) is 15.4. The Labute approximate surface area is 160 Å². The van der Waals surface area contributed by atoms with E-state index in [1.54, 1.807) is 12.4 Å². The number of nitrogens with one attached hydrogen (secondary N) is 1. The van der Waals surface area contributed by atoms with Gasteiger partial charge in [-0.3, -0.25) is 10.1 Å². The summed E-state index contributed by atoms with van der Waals surface area (Å²) < 4.78 is 6.09. The standard InChI is InChI=1S/C20H15Cl2N3O/c1-12(19-16(21)10-23-11-17(19)22)26-14-7-8-18-15(9-14)20(25-24-18)13-5-3-2-4-6-13/h2-12H,1H3,(H,24,25). The predicted octanol–water partition coefficient (Wildman–Crippen LogP) is 6.07. The average Bonchev–Trinajstić information content (AvgIpc) is 3.05. The van der Waals surface area contributed by atoms with E-state index in [1.165, 1.54) is 0 Å². The molecule has 4 nitrogen and oxygen atoms in total. The molecule has 6 heteroatoms. The first-order valence-electron chi connectivity index (χ1n) is 8.12. The van der Waals surface area contributed by atoms with Crippen molar-refractivity contribution in [3.63, 3.8) is 0 Å². The molecule has 0 saturated carbocycles. The van der Waals surface area contributed by atoms with E-state index in [0.29, 0.717) is 15.8 Å². The summed E-state index contributed by atoms with van der Waals surface area (Å²) in [4.78, 5) is 3.98. The van der Waals surface area contributed by atoms with Crippen LogP contribution in [-0.2, 0) is 0 Å². The van der Waals surface area contributed by atoms with Crippen LogP contribution >= 0.6 is 23.2 Å². The first-order valence-corrected chi connectivity index (χ1v) is 8.88. The van der Waals surface area contributed by atoms with Crippen molar-refractivity contribution < 1.29 is 4.74 Å². The monoisotopic (exact) mass is 383 g/mol. The van der Waals surface area contributed by atoms with E-state index in [4.69, 9.17) is 27.9 Å². The van der Waals surface area contributed by atoms with Gasteiger partial charge in [0.05, 0.1) is 15.6 Å². The molecule has 0 spiro atoms. The van der Waals surface area contributed by atoms with Gasteiger partial charge in [0, 0.05) is 28.9 Å². The summed E-state index contributed by atoms with van der Waals surface area (Å²) in [6, 6.07) is 15.8. The maximum absolute atomic E-state index is 6.23. The quantitative estimate of drug-likeness (QED) is 0.465. The third-order valence-electron chi connectivity index (χ3n) is 4.19. The first kappa shape index (κ1) is 16.9. The van der Waals surface area contributed by atoms with Gasteiger partial charge in [-0.1, -0.05) is 53.5 Å². The zero-order valence-electron chi connectivity index (χ0n) is 13.9. The number of fused-ring (bicyclic) bond motifs is 1. The van der Waals surface area contributed by atoms with Gasteiger partial charge >= 0.3 is 0 Å². The number of ether oxygens (including phenoxy) is 1. The van der Waals surface area contributed by atoms with Crippen LogP contribution in [0.2, 0.25) is 10.0 Å². The summed E-state index contributed by atoms with van der Waals surface area (Å²) >= 11 is 12.5. The third-order valence-corrected chi connectivity index (χ3v) is 4.79. The number of nitrogens with zero attached hydrogens (tertiary/aromatic N) is 2. The van der Waals surface area contributed by atoms with Crippen LogP contribution in [0.3, 0.4) is 0 Å². The smallest absolute Gasteiger partial charge is 0.124 e. The predicted molar refractivity (Wildman–Crippen MR) is 105 cm³/mol. The molecule has 0 aliphatic rings. The molecule has 2 heterocycles. The minimum atomic E-state index is -0.317. The molecule has 1 N–H and O–H groups in total. The molecule has 0 aliphatic carbocycles. The Morgan fingerprint density at radius 3 is 2.46 bits per heavy atom. The van der Waals surface area contributed by atoms with E-state index < -0.39 is 0 Å². The van der Waals surface area contributed by atoms with Crippen molar-refractivity contribution in [2.75, 3.05) is 0 Å². The van der Waals surface area contributed by atoms with E-state index in [1.807, 2.05) is 55.5 Å². The highest BCUT2D eigenvalue weighted by Crippen LogP contribution is 2.34. The Morgan fingerprint density at radius 1 is 1.00 bits per heavy atom. The second kappa shape index (κ2) is 6.98. The van der Waals surface area contributed by atoms with Crippen LogP contribution in [0.1, 0.15) is 18.6 Å². The van der Waals surface area contributed by atoms with Crippen LogP contribution in [0.25, 0.3) is 22.2 Å². The molecule has 0 radical (unpaired) electrons. The second-order valence-corrected chi connectivity index (χ2v) is 6.74. The van der Waals surface area contributed by atoms with Crippen molar-refractivity contribution in [2.24, 2.45) is 0 Å². The Balaban J connectivity index is 1.70. The molecule has 1 unspecified atom stereocenters. The maximum Gasteiger partial charge on any atom is 0.124 e. The van der Waals surface area contributed by atoms with Crippen molar-refractivity contribution in [1.29, 1.82) is 0 Å². The second-order valence-electron chi connectivity index (χ2n) is 5.92. The highest BCUT2D eigenvalue weighted by molar-refractivity contribution is 6.35. The molecule has 0 fully saturated rings. The van der Waals surface area contributed by atoms with E-state index in [0.717, 1.165) is 27.7 Å². The molecule has 0 saturated heterocycles. The first-order chi connectivity index (χ1) is 12.6. The van der Waals surface area contributed by atoms with Crippen LogP contribution in [0.4, 0.5) is 0 Å². The Morgan fingerprint density at radius 2 is 1.73 bits per heavy atom. The minimum Gasteiger partial charge on any atom is -0.486 e. The van der Waals surface area contributed by atoms with Crippen molar-refractivity contribution in [3.8, 4) is 17.0 Å². The normalized spacial score (nSPS) is 12.3. The highest BCUT2D eigenvalue weighted by Gasteiger charge is 2.17. The van der Waals surface area contributed by atoms with Gasteiger partial charge in [0.2, 0.25) is 0 Å². The molecule has 0 aliphatic heterocycles. The lowest BCUT2D eigenvalue weighted by molar-refractivity contribution is 0.227. The molecule has 4 aromatic rings. The molecular formula is C20H15Cl2N3O. The molecule has 0 bridgehead atoms. The zero-order chi connectivity index (χ0) is 18.1. The van der Waals surface area contributed by atoms with Crippen molar-refractivity contribution in [3.05, 3.63) is 76.5 Å². The van der Waals surface area contributed by atoms with E-state index >= 15 is 0 Å². The number of aromatic nitrogens is 3. The Bertz CT molecular complexity index is 1040. The fourth-order valence-electron chi connectivity index (χ4n) is 2.96. The lowest BCUT2D eigenvalue weighted by atomic mass is 10.1. The Hall–Kier alpha value is -2.56. The molecule has 26 heavy (non-hydrogen) atoms. The molecule has 4 rings (SSSR count). The van der Waals surface area contributed by atoms with Gasteiger partial charge in [0.1, 0.15) is 17.5 Å². The molecule has 2 aromatic heterocycles. The van der Waals surface area contributed by atoms with Gasteiger partial charge in [-0.15, -0.1) is 0 Å². The molecule has 1 atom stereocenters. The number of benzene rings is 2. The van der Waals surface area contributed by atoms with E-state index in [2.05, 4.69) is 15.2 Å². The van der Waals surface area contributed by atoms with Crippen LogP contribution < -0.4 is 4.74 Å². The molecule has 0 amide bonds. The molecular weight excluding hydrogens is 369 g/mol. The molecule has 130 valence electrons. The van der Waals surface area contributed by atoms with Crippen LogP contribution in [0, 0.1) is 0 Å². The van der Waals surface area contributed by atoms with Crippen LogP contribution in [-0.4, -0.2) is 15.2 Å². The van der Waals surface area contributed by atoms with Crippen LogP contribution in [0.15, 0.2) is 60.9 Å². The van der Waals surface area contributed by atoms with Gasteiger partial charge in [0.25, 0.3) is 0 Å². The molecule has 2 aromatic carbocycles. The Kier molecular flexibility index (Phi) is 4.53. The van der Waals surface area contributed by atoms with Gasteiger partial charge in [-0.05, 0) is 25.1 Å². The fourth-order valence-corrected chi connectivity index (χ4v) is 3.63. The van der Waals surface area contributed by atoms with E-state index in [9.17, 15) is 0 Å². The maximum atomic E-state index is 6.23. The lowest BCUT2D eigenvalue weighted by Gasteiger charge is -2.17. The van der Waals surface area contributed by atoms with Gasteiger partial charge < -0.3 is 4.74 Å². The summed E-state index contributed by atoms with van der Waals surface area (Å²) in [6.07, 6.45) is 2.81. The number of rotatable bonds is 4. The number of hydrogen-bond donors (Lipinski definition) is 1. The largest absolute Gasteiger partial charge is 0.486 e. The number of aromatic amines is 1. The van der Waals surface area contributed by atoms with E-state index in [-0.39, 0.29) is 6.10 Å². The van der Waals surface area contributed by atoms with Crippen molar-refractivity contribution in [2.45, 2.75) is 13.0 Å². The SMILES string of the molecule is CC(Oc1ccc2[nH]nc(-c3ccccc3)c2c1)c1c(Cl)cncc1Cl. The fraction of sp³-hybridized carbons (Fsp3) is 0.100. The lowest BCUT2D eigenvalue weighted by Crippen LogP contribution is -2.05. The number of pyridine rings is 1. The topological polar surface area (TPSA) is 50.8 Å². The summed E-state index contributed by atoms with van der Waals surface area (Å²) in [5.41, 5.74) is 3.60. The average molecular weight is 384 g/mol. The number of H-pyrrole nitrogens is 1. The van der Waals surface area contributed by atoms with Crippen LogP contribution in [0.5, 0.6) is 5.75 Å². The summed E-state index contributed by atoms with van der Waals surface area (Å²) in [7, 11) is 0. The summed E-state index contributed by atoms with van der Waals surface area (Å²) in [6.45, 7) is 1.91. The number of halogens is 2. The van der Waals surface area contributed by atoms with Gasteiger partial charge in [-0.25, -0.2) is 0 Å².